The van der Waals surface area contributed by atoms with Crippen molar-refractivity contribution in [3.05, 3.63) is 34.2 Å². The molecule has 3 rings (SSSR count). The van der Waals surface area contributed by atoms with Crippen LogP contribution in [0.1, 0.15) is 18.6 Å². The van der Waals surface area contributed by atoms with Crippen LogP contribution in [0.5, 0.6) is 0 Å². The highest BCUT2D eigenvalue weighted by atomic mass is 79.9. The number of hydrogen-bond donors (Lipinski definition) is 1. The summed E-state index contributed by atoms with van der Waals surface area (Å²) in [6, 6.07) is 5.76. The largest absolute Gasteiger partial charge is 0.460 e. The normalized spacial score (nSPS) is 15.9. The average Bonchev–Trinajstić information content (AvgIpc) is 2.99. The SMILES string of the molecule is Fc1cc2oc(CNC3CC3)cc2cc1Br. The number of hydrogen-bond acceptors (Lipinski definition) is 2. The van der Waals surface area contributed by atoms with Crippen molar-refractivity contribution in [1.82, 2.24) is 5.32 Å². The minimum atomic E-state index is -0.288. The highest BCUT2D eigenvalue weighted by Crippen LogP contribution is 2.26. The molecule has 0 unspecified atom stereocenters. The fraction of sp³-hybridized carbons (Fsp3) is 0.333. The van der Waals surface area contributed by atoms with Gasteiger partial charge in [0, 0.05) is 17.5 Å². The van der Waals surface area contributed by atoms with Gasteiger partial charge in [0.25, 0.3) is 0 Å². The summed E-state index contributed by atoms with van der Waals surface area (Å²) in [5.41, 5.74) is 0.605. The van der Waals surface area contributed by atoms with E-state index in [4.69, 9.17) is 4.42 Å². The zero-order valence-corrected chi connectivity index (χ0v) is 10.2. The molecule has 16 heavy (non-hydrogen) atoms. The lowest BCUT2D eigenvalue weighted by atomic mass is 10.2. The highest BCUT2D eigenvalue weighted by molar-refractivity contribution is 9.10. The van der Waals surface area contributed by atoms with Crippen molar-refractivity contribution >= 4 is 26.9 Å². The van der Waals surface area contributed by atoms with Crippen molar-refractivity contribution in [3.63, 3.8) is 0 Å². The van der Waals surface area contributed by atoms with Crippen LogP contribution in [0.4, 0.5) is 4.39 Å². The molecule has 2 nitrogen and oxygen atoms in total. The fourth-order valence-corrected chi connectivity index (χ4v) is 2.07. The standard InChI is InChI=1S/C12H11BrFNO/c13-10-4-7-3-9(6-15-8-1-2-8)16-12(7)5-11(10)14/h3-5,8,15H,1-2,6H2. The molecule has 1 saturated carbocycles. The topological polar surface area (TPSA) is 25.2 Å². The van der Waals surface area contributed by atoms with Gasteiger partial charge in [-0.05, 0) is 40.9 Å². The Balaban J connectivity index is 1.89. The van der Waals surface area contributed by atoms with Gasteiger partial charge in [-0.1, -0.05) is 0 Å². The quantitative estimate of drug-likeness (QED) is 0.931. The number of nitrogens with one attached hydrogen (secondary N) is 1. The first-order valence-corrected chi connectivity index (χ1v) is 6.12. The molecule has 1 fully saturated rings. The van der Waals surface area contributed by atoms with Crippen molar-refractivity contribution in [2.75, 3.05) is 0 Å². The van der Waals surface area contributed by atoms with E-state index in [0.29, 0.717) is 16.1 Å². The molecule has 0 atom stereocenters. The van der Waals surface area contributed by atoms with E-state index < -0.39 is 0 Å². The third kappa shape index (κ3) is 1.99. The predicted molar refractivity (Wildman–Crippen MR) is 63.7 cm³/mol. The molecule has 84 valence electrons. The molecule has 1 aliphatic rings. The Morgan fingerprint density at radius 1 is 1.38 bits per heavy atom. The number of rotatable bonds is 3. The molecule has 0 amide bonds. The van der Waals surface area contributed by atoms with Crippen LogP contribution in [-0.2, 0) is 6.54 Å². The summed E-state index contributed by atoms with van der Waals surface area (Å²) in [4.78, 5) is 0. The Morgan fingerprint density at radius 2 is 2.19 bits per heavy atom. The maximum Gasteiger partial charge on any atom is 0.141 e. The molecular formula is C12H11BrFNO. The van der Waals surface area contributed by atoms with Gasteiger partial charge in [-0.2, -0.15) is 0 Å². The van der Waals surface area contributed by atoms with E-state index in [2.05, 4.69) is 21.2 Å². The number of halogens is 2. The second-order valence-corrected chi connectivity index (χ2v) is 5.03. The van der Waals surface area contributed by atoms with E-state index in [0.717, 1.165) is 17.7 Å². The van der Waals surface area contributed by atoms with Crippen LogP contribution in [0.25, 0.3) is 11.0 Å². The molecule has 1 heterocycles. The second kappa shape index (κ2) is 3.86. The van der Waals surface area contributed by atoms with Crippen LogP contribution in [0.15, 0.2) is 27.1 Å². The lowest BCUT2D eigenvalue weighted by Gasteiger charge is -1.96. The first kappa shape index (κ1) is 10.3. The van der Waals surface area contributed by atoms with E-state index in [9.17, 15) is 4.39 Å². The Kier molecular flexibility index (Phi) is 2.48. The summed E-state index contributed by atoms with van der Waals surface area (Å²) in [6.07, 6.45) is 2.50. The van der Waals surface area contributed by atoms with Gasteiger partial charge in [0.05, 0.1) is 11.0 Å². The average molecular weight is 284 g/mol. The van der Waals surface area contributed by atoms with Crippen LogP contribution in [0.2, 0.25) is 0 Å². The Morgan fingerprint density at radius 3 is 2.94 bits per heavy atom. The molecule has 2 aromatic rings. The van der Waals surface area contributed by atoms with Gasteiger partial charge < -0.3 is 9.73 Å². The summed E-state index contributed by atoms with van der Waals surface area (Å²) in [5.74, 6) is 0.572. The molecule has 1 aromatic heterocycles. The third-order valence-corrected chi connectivity index (χ3v) is 3.36. The number of furan rings is 1. The molecule has 0 saturated heterocycles. The molecule has 0 bridgehead atoms. The first-order chi connectivity index (χ1) is 7.72. The van der Waals surface area contributed by atoms with Gasteiger partial charge in [-0.3, -0.25) is 0 Å². The van der Waals surface area contributed by atoms with Crippen molar-refractivity contribution in [2.24, 2.45) is 0 Å². The molecule has 1 aliphatic carbocycles. The van der Waals surface area contributed by atoms with Crippen LogP contribution < -0.4 is 5.32 Å². The minimum Gasteiger partial charge on any atom is -0.460 e. The molecule has 0 aliphatic heterocycles. The van der Waals surface area contributed by atoms with Crippen LogP contribution >= 0.6 is 15.9 Å². The summed E-state index contributed by atoms with van der Waals surface area (Å²) >= 11 is 3.17. The van der Waals surface area contributed by atoms with Gasteiger partial charge >= 0.3 is 0 Å². The minimum absolute atomic E-state index is 0.288. The van der Waals surface area contributed by atoms with Crippen LogP contribution in [0.3, 0.4) is 0 Å². The van der Waals surface area contributed by atoms with E-state index in [-0.39, 0.29) is 5.82 Å². The van der Waals surface area contributed by atoms with Gasteiger partial charge in [0.1, 0.15) is 17.2 Å². The van der Waals surface area contributed by atoms with E-state index in [1.54, 1.807) is 6.07 Å². The Bertz CT molecular complexity index is 494. The second-order valence-electron chi connectivity index (χ2n) is 4.17. The molecule has 1 N–H and O–H groups in total. The van der Waals surface area contributed by atoms with E-state index >= 15 is 0 Å². The van der Waals surface area contributed by atoms with E-state index in [1.165, 1.54) is 18.9 Å². The van der Waals surface area contributed by atoms with Gasteiger partial charge in [0.15, 0.2) is 0 Å². The maximum absolute atomic E-state index is 13.3. The Labute approximate surface area is 101 Å². The van der Waals surface area contributed by atoms with Crippen LogP contribution in [0, 0.1) is 5.82 Å². The lowest BCUT2D eigenvalue weighted by Crippen LogP contribution is -2.14. The third-order valence-electron chi connectivity index (χ3n) is 2.75. The molecule has 1 aromatic carbocycles. The number of fused-ring (bicyclic) bond motifs is 1. The summed E-state index contributed by atoms with van der Waals surface area (Å²) in [7, 11) is 0. The molecule has 4 heteroatoms. The van der Waals surface area contributed by atoms with Crippen molar-refractivity contribution in [3.8, 4) is 0 Å². The van der Waals surface area contributed by atoms with Crippen molar-refractivity contribution < 1.29 is 8.81 Å². The molecular weight excluding hydrogens is 273 g/mol. The maximum atomic E-state index is 13.3. The van der Waals surface area contributed by atoms with Gasteiger partial charge in [-0.15, -0.1) is 0 Å². The van der Waals surface area contributed by atoms with Gasteiger partial charge in [-0.25, -0.2) is 4.39 Å². The highest BCUT2D eigenvalue weighted by Gasteiger charge is 2.20. The molecule has 0 spiro atoms. The first-order valence-electron chi connectivity index (χ1n) is 5.33. The summed E-state index contributed by atoms with van der Waals surface area (Å²) < 4.78 is 19.3. The fourth-order valence-electron chi connectivity index (χ4n) is 1.71. The molecule has 0 radical (unpaired) electrons. The van der Waals surface area contributed by atoms with Crippen molar-refractivity contribution in [1.29, 1.82) is 0 Å². The lowest BCUT2D eigenvalue weighted by molar-refractivity contribution is 0.510. The smallest absolute Gasteiger partial charge is 0.141 e. The zero-order valence-electron chi connectivity index (χ0n) is 8.59. The monoisotopic (exact) mass is 283 g/mol. The summed E-state index contributed by atoms with van der Waals surface area (Å²) in [6.45, 7) is 0.721. The van der Waals surface area contributed by atoms with Crippen molar-refractivity contribution in [2.45, 2.75) is 25.4 Å². The number of benzene rings is 1. The summed E-state index contributed by atoms with van der Waals surface area (Å²) in [5, 5.41) is 4.30. The zero-order chi connectivity index (χ0) is 11.1. The van der Waals surface area contributed by atoms with Gasteiger partial charge in [0.2, 0.25) is 0 Å². The Hall–Kier alpha value is -0.870. The van der Waals surface area contributed by atoms with Crippen LogP contribution in [-0.4, -0.2) is 6.04 Å². The van der Waals surface area contributed by atoms with E-state index in [1.807, 2.05) is 6.07 Å². The predicted octanol–water partition coefficient (Wildman–Crippen LogP) is 3.59.